The third kappa shape index (κ3) is 7.30. The summed E-state index contributed by atoms with van der Waals surface area (Å²) in [5.41, 5.74) is 1.48. The summed E-state index contributed by atoms with van der Waals surface area (Å²) in [5, 5.41) is 14.6. The van der Waals surface area contributed by atoms with Crippen molar-refractivity contribution in [1.82, 2.24) is 10.2 Å². The second kappa shape index (κ2) is 12.0. The molecule has 3 amide bonds. The van der Waals surface area contributed by atoms with Gasteiger partial charge in [0.05, 0.1) is 12.1 Å². The Morgan fingerprint density at radius 2 is 1.80 bits per heavy atom. The highest BCUT2D eigenvalue weighted by molar-refractivity contribution is 5.95. The molecule has 2 aromatic carbocycles. The van der Waals surface area contributed by atoms with Crippen molar-refractivity contribution >= 4 is 29.6 Å². The molecule has 1 saturated heterocycles. The van der Waals surface area contributed by atoms with E-state index in [4.69, 9.17) is 4.74 Å². The highest BCUT2D eigenvalue weighted by Gasteiger charge is 2.40. The predicted molar refractivity (Wildman–Crippen MR) is 130 cm³/mol. The minimum absolute atomic E-state index is 0.131. The van der Waals surface area contributed by atoms with Crippen molar-refractivity contribution in [2.75, 3.05) is 11.9 Å². The van der Waals surface area contributed by atoms with Gasteiger partial charge in [0.25, 0.3) is 0 Å². The number of benzene rings is 2. The van der Waals surface area contributed by atoms with Gasteiger partial charge in [-0.2, -0.15) is 0 Å². The van der Waals surface area contributed by atoms with Gasteiger partial charge < -0.3 is 25.4 Å². The van der Waals surface area contributed by atoms with Gasteiger partial charge in [0, 0.05) is 11.7 Å². The van der Waals surface area contributed by atoms with Gasteiger partial charge in [0.2, 0.25) is 5.91 Å². The number of rotatable bonds is 9. The van der Waals surface area contributed by atoms with Crippen LogP contribution in [0.4, 0.5) is 10.5 Å². The van der Waals surface area contributed by atoms with Crippen LogP contribution in [-0.2, 0) is 20.9 Å². The summed E-state index contributed by atoms with van der Waals surface area (Å²) in [6.45, 7) is 3.84. The number of hydrogen-bond donors (Lipinski definition) is 3. The number of carbonyl (C=O) groups is 4. The average molecular weight is 482 g/mol. The van der Waals surface area contributed by atoms with Gasteiger partial charge in [0.15, 0.2) is 0 Å². The number of carbonyl (C=O) groups excluding carboxylic acids is 3. The second-order valence-corrected chi connectivity index (χ2v) is 8.97. The van der Waals surface area contributed by atoms with Crippen LogP contribution < -0.4 is 10.6 Å². The van der Waals surface area contributed by atoms with E-state index in [0.29, 0.717) is 30.9 Å². The smallest absolute Gasteiger partial charge is 0.338 e. The first-order valence-electron chi connectivity index (χ1n) is 11.6. The highest BCUT2D eigenvalue weighted by Crippen LogP contribution is 2.29. The molecular formula is C26H31N3O6. The standard InChI is InChI=1S/C26H31N3O6/c1-17(2)13-21-11-12-22(24(31)32)29(21)23(30)15-27-26(34)28-20-10-6-9-19(14-20)25(33)35-16-18-7-4-3-5-8-18/h3-10,14,17,21-22H,11-13,15-16H2,1-2H3,(H,31,32)(H2,27,28,34)/t21-,22+/m1/s1. The van der Waals surface area contributed by atoms with Crippen molar-refractivity contribution in [2.45, 2.75) is 51.8 Å². The number of amides is 3. The predicted octanol–water partition coefficient (Wildman–Crippen LogP) is 3.66. The Morgan fingerprint density at radius 1 is 1.06 bits per heavy atom. The maximum atomic E-state index is 12.8. The first-order valence-corrected chi connectivity index (χ1v) is 11.6. The van der Waals surface area contributed by atoms with E-state index in [-0.39, 0.29) is 24.8 Å². The van der Waals surface area contributed by atoms with Crippen LogP contribution in [-0.4, -0.2) is 52.5 Å². The van der Waals surface area contributed by atoms with Gasteiger partial charge in [-0.15, -0.1) is 0 Å². The topological polar surface area (TPSA) is 125 Å². The SMILES string of the molecule is CC(C)C[C@H]1CC[C@@H](C(=O)O)N1C(=O)CNC(=O)Nc1cccc(C(=O)OCc2ccccc2)c1. The molecule has 0 spiro atoms. The molecule has 3 rings (SSSR count). The molecule has 9 nitrogen and oxygen atoms in total. The lowest BCUT2D eigenvalue weighted by Gasteiger charge is -2.29. The van der Waals surface area contributed by atoms with Crippen molar-refractivity contribution in [3.8, 4) is 0 Å². The van der Waals surface area contributed by atoms with Crippen molar-refractivity contribution in [1.29, 1.82) is 0 Å². The van der Waals surface area contributed by atoms with E-state index in [2.05, 4.69) is 10.6 Å². The molecule has 0 radical (unpaired) electrons. The summed E-state index contributed by atoms with van der Waals surface area (Å²) < 4.78 is 5.31. The van der Waals surface area contributed by atoms with E-state index < -0.39 is 29.9 Å². The van der Waals surface area contributed by atoms with Crippen molar-refractivity contribution < 1.29 is 29.0 Å². The number of hydrogen-bond acceptors (Lipinski definition) is 5. The van der Waals surface area contributed by atoms with Crippen LogP contribution in [0.5, 0.6) is 0 Å². The molecule has 0 unspecified atom stereocenters. The molecule has 0 bridgehead atoms. The molecule has 1 fully saturated rings. The molecule has 2 atom stereocenters. The van der Waals surface area contributed by atoms with E-state index in [1.807, 2.05) is 44.2 Å². The summed E-state index contributed by atoms with van der Waals surface area (Å²) in [6.07, 6.45) is 1.73. The number of nitrogens with zero attached hydrogens (tertiary/aromatic N) is 1. The first-order chi connectivity index (χ1) is 16.7. The van der Waals surface area contributed by atoms with E-state index >= 15 is 0 Å². The zero-order chi connectivity index (χ0) is 25.4. The summed E-state index contributed by atoms with van der Waals surface area (Å²) in [6, 6.07) is 13.9. The van der Waals surface area contributed by atoms with Crippen LogP contribution >= 0.6 is 0 Å². The number of likely N-dealkylation sites (tertiary alicyclic amines) is 1. The minimum atomic E-state index is -1.04. The number of urea groups is 1. The number of aliphatic carboxylic acids is 1. The van der Waals surface area contributed by atoms with Crippen LogP contribution in [0.15, 0.2) is 54.6 Å². The first kappa shape index (κ1) is 25.7. The molecule has 186 valence electrons. The largest absolute Gasteiger partial charge is 0.480 e. The maximum absolute atomic E-state index is 12.8. The number of nitrogens with one attached hydrogen (secondary N) is 2. The molecule has 1 aliphatic heterocycles. The third-order valence-corrected chi connectivity index (χ3v) is 5.79. The van der Waals surface area contributed by atoms with Gasteiger partial charge >= 0.3 is 18.0 Å². The van der Waals surface area contributed by atoms with E-state index in [0.717, 1.165) is 5.56 Å². The number of anilines is 1. The Kier molecular flexibility index (Phi) is 8.83. The maximum Gasteiger partial charge on any atom is 0.338 e. The van der Waals surface area contributed by atoms with E-state index in [1.165, 1.54) is 11.0 Å². The molecule has 35 heavy (non-hydrogen) atoms. The van der Waals surface area contributed by atoms with E-state index in [9.17, 15) is 24.3 Å². The molecule has 1 aliphatic rings. The second-order valence-electron chi connectivity index (χ2n) is 8.97. The van der Waals surface area contributed by atoms with Crippen LogP contribution in [0.2, 0.25) is 0 Å². The minimum Gasteiger partial charge on any atom is -0.480 e. The Bertz CT molecular complexity index is 1060. The van der Waals surface area contributed by atoms with Crippen LogP contribution in [0.3, 0.4) is 0 Å². The van der Waals surface area contributed by atoms with Crippen LogP contribution in [0, 0.1) is 5.92 Å². The van der Waals surface area contributed by atoms with Crippen molar-refractivity contribution in [3.05, 3.63) is 65.7 Å². The summed E-state index contributed by atoms with van der Waals surface area (Å²) >= 11 is 0. The number of esters is 1. The fourth-order valence-corrected chi connectivity index (χ4v) is 4.23. The van der Waals surface area contributed by atoms with Crippen LogP contribution in [0.1, 0.15) is 49.0 Å². The lowest BCUT2D eigenvalue weighted by atomic mass is 10.0. The number of carboxylic acids is 1. The average Bonchev–Trinajstić information content (AvgIpc) is 3.25. The summed E-state index contributed by atoms with van der Waals surface area (Å²) in [4.78, 5) is 50.5. The Hall–Kier alpha value is -3.88. The Labute approximate surface area is 204 Å². The molecule has 0 saturated carbocycles. The molecule has 2 aromatic rings. The summed E-state index contributed by atoms with van der Waals surface area (Å²) in [5.74, 6) is -1.69. The Balaban J connectivity index is 1.54. The van der Waals surface area contributed by atoms with Gasteiger partial charge in [-0.1, -0.05) is 50.2 Å². The van der Waals surface area contributed by atoms with Crippen LogP contribution in [0.25, 0.3) is 0 Å². The zero-order valence-electron chi connectivity index (χ0n) is 19.9. The van der Waals surface area contributed by atoms with Crippen molar-refractivity contribution in [3.63, 3.8) is 0 Å². The fourth-order valence-electron chi connectivity index (χ4n) is 4.23. The third-order valence-electron chi connectivity index (χ3n) is 5.79. The van der Waals surface area contributed by atoms with E-state index in [1.54, 1.807) is 18.2 Å². The molecule has 9 heteroatoms. The fraction of sp³-hybridized carbons (Fsp3) is 0.385. The van der Waals surface area contributed by atoms with Gasteiger partial charge in [-0.05, 0) is 48.9 Å². The van der Waals surface area contributed by atoms with Gasteiger partial charge in [0.1, 0.15) is 12.6 Å². The molecule has 3 N–H and O–H groups in total. The zero-order valence-corrected chi connectivity index (χ0v) is 19.9. The molecule has 0 aromatic heterocycles. The monoisotopic (exact) mass is 481 g/mol. The quantitative estimate of drug-likeness (QED) is 0.470. The number of ether oxygens (including phenoxy) is 1. The normalized spacial score (nSPS) is 17.2. The van der Waals surface area contributed by atoms with Crippen molar-refractivity contribution in [2.24, 2.45) is 5.92 Å². The van der Waals surface area contributed by atoms with Gasteiger partial charge in [-0.3, -0.25) is 4.79 Å². The molecule has 1 heterocycles. The number of carboxylic acid groups (broad SMARTS) is 1. The lowest BCUT2D eigenvalue weighted by molar-refractivity contribution is -0.149. The summed E-state index contributed by atoms with van der Waals surface area (Å²) in [7, 11) is 0. The lowest BCUT2D eigenvalue weighted by Crippen LogP contribution is -2.49. The molecular weight excluding hydrogens is 450 g/mol. The highest BCUT2D eigenvalue weighted by atomic mass is 16.5. The van der Waals surface area contributed by atoms with Gasteiger partial charge in [-0.25, -0.2) is 14.4 Å². The Morgan fingerprint density at radius 3 is 2.49 bits per heavy atom. The molecule has 0 aliphatic carbocycles.